The smallest absolute Gasteiger partial charge is 0.231 e. The Morgan fingerprint density at radius 2 is 1.62 bits per heavy atom. The van der Waals surface area contributed by atoms with Crippen LogP contribution >= 0.6 is 0 Å². The van der Waals surface area contributed by atoms with E-state index in [0.29, 0.717) is 17.8 Å². The number of carbonyl (C=O) groups is 1. The standard InChI is InChI=1S/C32H40N4O3.C3H8O.C2H6/c1-21-29(38-2)15-14-27(34-21)23-10-8-22(9-11-23)19-36(32(37)25-6-4-3-5-7-25)30-18-26(16-17-33-30)28-20-39-31(35-28)24-12-13-24;1-3-4-2;1-2/h14-18,20,22-25H,3-13,19H2,1-2H3;3H2,1-2H3;1-2H3. The third kappa shape index (κ3) is 9.38. The van der Waals surface area contributed by atoms with Crippen LogP contribution in [-0.4, -0.2) is 48.2 Å². The lowest BCUT2D eigenvalue weighted by Crippen LogP contribution is -2.41. The van der Waals surface area contributed by atoms with E-state index in [1.165, 1.54) is 6.42 Å². The molecule has 0 saturated heterocycles. The van der Waals surface area contributed by atoms with E-state index in [0.717, 1.165) is 117 Å². The lowest BCUT2D eigenvalue weighted by molar-refractivity contribution is -0.123. The van der Waals surface area contributed by atoms with Gasteiger partial charge in [0, 0.05) is 55.5 Å². The average molecular weight is 619 g/mol. The molecule has 0 aromatic carbocycles. The molecule has 3 saturated carbocycles. The molecule has 0 radical (unpaired) electrons. The number of hydrogen-bond donors (Lipinski definition) is 0. The second-order valence-electron chi connectivity index (χ2n) is 12.4. The molecule has 8 nitrogen and oxygen atoms in total. The Kier molecular flexibility index (Phi) is 13.4. The summed E-state index contributed by atoms with van der Waals surface area (Å²) in [5, 5.41) is 0. The molecule has 3 aliphatic rings. The highest BCUT2D eigenvalue weighted by atomic mass is 16.5. The minimum atomic E-state index is 0.0977. The van der Waals surface area contributed by atoms with Crippen LogP contribution < -0.4 is 9.64 Å². The maximum absolute atomic E-state index is 13.9. The highest BCUT2D eigenvalue weighted by molar-refractivity contribution is 5.94. The van der Waals surface area contributed by atoms with E-state index in [9.17, 15) is 4.79 Å². The third-order valence-electron chi connectivity index (χ3n) is 9.26. The number of rotatable bonds is 9. The molecule has 1 amide bonds. The molecule has 0 unspecified atom stereocenters. The van der Waals surface area contributed by atoms with E-state index in [1.54, 1.807) is 20.5 Å². The maximum atomic E-state index is 13.9. The lowest BCUT2D eigenvalue weighted by Gasteiger charge is -2.34. The summed E-state index contributed by atoms with van der Waals surface area (Å²) in [6, 6.07) is 8.15. The molecule has 0 N–H and O–H groups in total. The van der Waals surface area contributed by atoms with Crippen LogP contribution in [0.15, 0.2) is 41.1 Å². The second-order valence-corrected chi connectivity index (χ2v) is 12.4. The van der Waals surface area contributed by atoms with Crippen LogP contribution in [0, 0.1) is 18.8 Å². The first-order valence-electron chi connectivity index (χ1n) is 17.2. The van der Waals surface area contributed by atoms with Crippen molar-refractivity contribution >= 4 is 11.7 Å². The third-order valence-corrected chi connectivity index (χ3v) is 9.26. The van der Waals surface area contributed by atoms with Crippen LogP contribution in [0.5, 0.6) is 5.75 Å². The van der Waals surface area contributed by atoms with Crippen molar-refractivity contribution < 1.29 is 18.7 Å². The number of anilines is 1. The van der Waals surface area contributed by atoms with Gasteiger partial charge in [-0.05, 0) is 95.4 Å². The number of amides is 1. The van der Waals surface area contributed by atoms with Gasteiger partial charge in [-0.2, -0.15) is 0 Å². The molecule has 3 aromatic heterocycles. The summed E-state index contributed by atoms with van der Waals surface area (Å²) in [5.74, 6) is 4.14. The van der Waals surface area contributed by atoms with Gasteiger partial charge in [-0.3, -0.25) is 14.7 Å². The zero-order valence-corrected chi connectivity index (χ0v) is 28.4. The second kappa shape index (κ2) is 17.4. The largest absolute Gasteiger partial charge is 0.495 e. The Morgan fingerprint density at radius 1 is 0.933 bits per heavy atom. The molecule has 45 heavy (non-hydrogen) atoms. The monoisotopic (exact) mass is 618 g/mol. The molecule has 0 spiro atoms. The number of hydrogen-bond acceptors (Lipinski definition) is 7. The quantitative estimate of drug-likeness (QED) is 0.236. The number of oxazole rings is 1. The topological polar surface area (TPSA) is 90.6 Å². The fourth-order valence-corrected chi connectivity index (χ4v) is 6.44. The van der Waals surface area contributed by atoms with Gasteiger partial charge in [0.1, 0.15) is 23.5 Å². The Labute approximate surface area is 270 Å². The highest BCUT2D eigenvalue weighted by Crippen LogP contribution is 2.41. The summed E-state index contributed by atoms with van der Waals surface area (Å²) < 4.78 is 15.7. The van der Waals surface area contributed by atoms with Crippen molar-refractivity contribution in [2.24, 2.45) is 11.8 Å². The molecule has 3 aromatic rings. The van der Waals surface area contributed by atoms with Crippen molar-refractivity contribution in [2.45, 2.75) is 110 Å². The van der Waals surface area contributed by atoms with Gasteiger partial charge in [-0.1, -0.05) is 33.1 Å². The summed E-state index contributed by atoms with van der Waals surface area (Å²) >= 11 is 0. The molecule has 3 heterocycles. The molecule has 3 fully saturated rings. The number of methoxy groups -OCH3 is 2. The Balaban J connectivity index is 0.000000713. The van der Waals surface area contributed by atoms with Crippen LogP contribution in [0.2, 0.25) is 0 Å². The molecular formula is C37H54N4O4. The molecular weight excluding hydrogens is 564 g/mol. The van der Waals surface area contributed by atoms with Gasteiger partial charge >= 0.3 is 0 Å². The van der Waals surface area contributed by atoms with Crippen molar-refractivity contribution in [3.05, 3.63) is 54.0 Å². The van der Waals surface area contributed by atoms with Crippen LogP contribution in [0.1, 0.15) is 121 Å². The molecule has 246 valence electrons. The van der Waals surface area contributed by atoms with Gasteiger partial charge in [-0.15, -0.1) is 0 Å². The van der Waals surface area contributed by atoms with Gasteiger partial charge in [-0.25, -0.2) is 9.97 Å². The van der Waals surface area contributed by atoms with Crippen LogP contribution in [0.3, 0.4) is 0 Å². The fraction of sp³-hybridized carbons (Fsp3) is 0.622. The van der Waals surface area contributed by atoms with Crippen molar-refractivity contribution in [2.75, 3.05) is 32.3 Å². The normalized spacial score (nSPS) is 19.9. The molecule has 0 atom stereocenters. The predicted molar refractivity (Wildman–Crippen MR) is 180 cm³/mol. The summed E-state index contributed by atoms with van der Waals surface area (Å²) in [6.07, 6.45) is 15.7. The predicted octanol–water partition coefficient (Wildman–Crippen LogP) is 8.89. The molecule has 0 bridgehead atoms. The van der Waals surface area contributed by atoms with Crippen molar-refractivity contribution in [3.63, 3.8) is 0 Å². The molecule has 8 heteroatoms. The lowest BCUT2D eigenvalue weighted by atomic mass is 9.79. The van der Waals surface area contributed by atoms with Crippen LogP contribution in [0.4, 0.5) is 5.82 Å². The summed E-state index contributed by atoms with van der Waals surface area (Å²) in [5.41, 5.74) is 3.90. The highest BCUT2D eigenvalue weighted by Gasteiger charge is 2.32. The zero-order chi connectivity index (χ0) is 32.2. The van der Waals surface area contributed by atoms with E-state index in [2.05, 4.69) is 10.8 Å². The number of ether oxygens (including phenoxy) is 2. The molecule has 6 rings (SSSR count). The summed E-state index contributed by atoms with van der Waals surface area (Å²) in [4.78, 5) is 30.2. The number of aromatic nitrogens is 3. The molecule has 3 aliphatic carbocycles. The van der Waals surface area contributed by atoms with Gasteiger partial charge in [0.15, 0.2) is 5.89 Å². The van der Waals surface area contributed by atoms with E-state index in [-0.39, 0.29) is 11.8 Å². The van der Waals surface area contributed by atoms with Crippen LogP contribution in [0.25, 0.3) is 11.3 Å². The Morgan fingerprint density at radius 3 is 2.24 bits per heavy atom. The molecule has 0 aliphatic heterocycles. The first-order chi connectivity index (χ1) is 22.0. The van der Waals surface area contributed by atoms with Gasteiger partial charge in [0.2, 0.25) is 5.91 Å². The Hall–Kier alpha value is -3.26. The zero-order valence-electron chi connectivity index (χ0n) is 28.4. The first kappa shape index (κ1) is 34.6. The van der Waals surface area contributed by atoms with Gasteiger partial charge in [0.05, 0.1) is 12.8 Å². The SMILES string of the molecule is CC.CCOC.COc1ccc(C2CCC(CN(C(=O)C3CCCCC3)c3cc(-c4coc(C5CC5)n4)ccn3)CC2)nc1C. The van der Waals surface area contributed by atoms with Crippen molar-refractivity contribution in [1.82, 2.24) is 15.0 Å². The van der Waals surface area contributed by atoms with E-state index >= 15 is 0 Å². The first-order valence-corrected chi connectivity index (χ1v) is 17.2. The fourth-order valence-electron chi connectivity index (χ4n) is 6.44. The number of nitrogens with zero attached hydrogens (tertiary/aromatic N) is 4. The van der Waals surface area contributed by atoms with E-state index in [1.807, 2.05) is 57.0 Å². The Bertz CT molecular complexity index is 1320. The van der Waals surface area contributed by atoms with Crippen molar-refractivity contribution in [3.8, 4) is 17.0 Å². The maximum Gasteiger partial charge on any atom is 0.231 e. The van der Waals surface area contributed by atoms with Gasteiger partial charge < -0.3 is 13.9 Å². The van der Waals surface area contributed by atoms with Gasteiger partial charge in [0.25, 0.3) is 0 Å². The van der Waals surface area contributed by atoms with Crippen LogP contribution in [-0.2, 0) is 9.53 Å². The number of carbonyl (C=O) groups excluding carboxylic acids is 1. The van der Waals surface area contributed by atoms with E-state index in [4.69, 9.17) is 24.1 Å². The van der Waals surface area contributed by atoms with Crippen molar-refractivity contribution in [1.29, 1.82) is 0 Å². The minimum absolute atomic E-state index is 0.0977. The average Bonchev–Trinajstić information content (AvgIpc) is 3.84. The minimum Gasteiger partial charge on any atom is -0.495 e. The number of aryl methyl sites for hydroxylation is 1. The number of pyridine rings is 2. The van der Waals surface area contributed by atoms with E-state index < -0.39 is 0 Å². The summed E-state index contributed by atoms with van der Waals surface area (Å²) in [6.45, 7) is 9.51. The summed E-state index contributed by atoms with van der Waals surface area (Å²) in [7, 11) is 3.37.